The molecule has 0 bridgehead atoms. The number of anilines is 1. The lowest BCUT2D eigenvalue weighted by molar-refractivity contribution is 0.00696. The molecule has 5 nitrogen and oxygen atoms in total. The molecule has 0 unspecified atom stereocenters. The van der Waals surface area contributed by atoms with Crippen molar-refractivity contribution in [3.63, 3.8) is 0 Å². The molecule has 1 aromatic carbocycles. The molecule has 0 fully saturated rings. The Kier molecular flexibility index (Phi) is 4.62. The lowest BCUT2D eigenvalue weighted by Gasteiger charge is -2.19. The second-order valence-electron chi connectivity index (χ2n) is 5.78. The van der Waals surface area contributed by atoms with Gasteiger partial charge in [-0.3, -0.25) is 4.68 Å². The van der Waals surface area contributed by atoms with E-state index in [4.69, 9.17) is 4.74 Å². The molecule has 1 aromatic heterocycles. The lowest BCUT2D eigenvalue weighted by Crippen LogP contribution is -2.23. The number of rotatable bonds is 5. The summed E-state index contributed by atoms with van der Waals surface area (Å²) in [7, 11) is 0. The monoisotopic (exact) mass is 287 g/mol. The predicted molar refractivity (Wildman–Crippen MR) is 82.3 cm³/mol. The third kappa shape index (κ3) is 4.95. The van der Waals surface area contributed by atoms with Crippen molar-refractivity contribution < 1.29 is 9.53 Å². The largest absolute Gasteiger partial charge is 0.456 e. The number of nitrogens with one attached hydrogen (secondary N) is 1. The zero-order chi connectivity index (χ0) is 15.3. The van der Waals surface area contributed by atoms with E-state index in [1.165, 1.54) is 0 Å². The normalized spacial score (nSPS) is 11.2. The molecule has 0 saturated heterocycles. The van der Waals surface area contributed by atoms with Crippen LogP contribution in [0.5, 0.6) is 0 Å². The fourth-order valence-corrected chi connectivity index (χ4v) is 1.81. The van der Waals surface area contributed by atoms with Gasteiger partial charge in [-0.1, -0.05) is 0 Å². The molecule has 2 aromatic rings. The number of ether oxygens (including phenoxy) is 1. The third-order valence-corrected chi connectivity index (χ3v) is 2.75. The van der Waals surface area contributed by atoms with E-state index in [1.54, 1.807) is 18.3 Å². The fraction of sp³-hybridized carbons (Fsp3) is 0.375. The van der Waals surface area contributed by atoms with Gasteiger partial charge in [0.25, 0.3) is 0 Å². The molecule has 0 radical (unpaired) electrons. The van der Waals surface area contributed by atoms with E-state index in [2.05, 4.69) is 10.4 Å². The Morgan fingerprint density at radius 2 is 2.00 bits per heavy atom. The van der Waals surface area contributed by atoms with Crippen LogP contribution < -0.4 is 5.32 Å². The van der Waals surface area contributed by atoms with Crippen LogP contribution in [0.1, 0.15) is 31.1 Å². The van der Waals surface area contributed by atoms with Gasteiger partial charge in [-0.25, -0.2) is 4.79 Å². The first-order chi connectivity index (χ1) is 9.94. The van der Waals surface area contributed by atoms with Crippen LogP contribution in [-0.2, 0) is 11.3 Å². The predicted octanol–water partition coefficient (Wildman–Crippen LogP) is 2.95. The van der Waals surface area contributed by atoms with E-state index in [-0.39, 0.29) is 5.97 Å². The summed E-state index contributed by atoms with van der Waals surface area (Å²) in [6, 6.07) is 9.19. The Balaban J connectivity index is 1.85. The van der Waals surface area contributed by atoms with Crippen molar-refractivity contribution in [1.29, 1.82) is 0 Å². The quantitative estimate of drug-likeness (QED) is 0.859. The summed E-state index contributed by atoms with van der Waals surface area (Å²) in [5.41, 5.74) is 1.05. The molecule has 0 aliphatic carbocycles. The van der Waals surface area contributed by atoms with Crippen LogP contribution in [0.25, 0.3) is 0 Å². The first-order valence-corrected chi connectivity index (χ1v) is 6.99. The van der Waals surface area contributed by atoms with Crippen molar-refractivity contribution in [3.8, 4) is 0 Å². The van der Waals surface area contributed by atoms with Crippen molar-refractivity contribution in [2.45, 2.75) is 32.9 Å². The van der Waals surface area contributed by atoms with Gasteiger partial charge in [-0.2, -0.15) is 5.10 Å². The van der Waals surface area contributed by atoms with Crippen LogP contribution in [0.15, 0.2) is 42.7 Å². The van der Waals surface area contributed by atoms with E-state index >= 15 is 0 Å². The molecule has 0 saturated carbocycles. The molecule has 1 heterocycles. The number of hydrogen-bond acceptors (Lipinski definition) is 4. The Morgan fingerprint density at radius 3 is 2.57 bits per heavy atom. The Hall–Kier alpha value is -2.30. The van der Waals surface area contributed by atoms with Crippen LogP contribution >= 0.6 is 0 Å². The van der Waals surface area contributed by atoms with E-state index in [1.807, 2.05) is 49.8 Å². The van der Waals surface area contributed by atoms with Gasteiger partial charge >= 0.3 is 5.97 Å². The second kappa shape index (κ2) is 6.43. The number of benzene rings is 1. The highest BCUT2D eigenvalue weighted by atomic mass is 16.6. The maximum Gasteiger partial charge on any atom is 0.338 e. The highest BCUT2D eigenvalue weighted by Crippen LogP contribution is 2.14. The van der Waals surface area contributed by atoms with Crippen molar-refractivity contribution >= 4 is 11.7 Å². The summed E-state index contributed by atoms with van der Waals surface area (Å²) in [5, 5.41) is 7.42. The zero-order valence-corrected chi connectivity index (χ0v) is 12.7. The van der Waals surface area contributed by atoms with E-state index in [0.29, 0.717) is 5.56 Å². The standard InChI is InChI=1S/C16H21N3O2/c1-16(2,3)21-15(20)13-5-7-14(8-6-13)17-10-12-19-11-4-9-18-19/h4-9,11,17H,10,12H2,1-3H3. The number of hydrogen-bond donors (Lipinski definition) is 1. The molecule has 1 N–H and O–H groups in total. The van der Waals surface area contributed by atoms with Gasteiger partial charge in [0.05, 0.1) is 12.1 Å². The van der Waals surface area contributed by atoms with Crippen LogP contribution in [0, 0.1) is 0 Å². The summed E-state index contributed by atoms with van der Waals surface area (Å²) >= 11 is 0. The van der Waals surface area contributed by atoms with Crippen molar-refractivity contribution in [2.75, 3.05) is 11.9 Å². The van der Waals surface area contributed by atoms with Crippen molar-refractivity contribution in [3.05, 3.63) is 48.3 Å². The fourth-order valence-electron chi connectivity index (χ4n) is 1.81. The highest BCUT2D eigenvalue weighted by molar-refractivity contribution is 5.90. The smallest absolute Gasteiger partial charge is 0.338 e. The molecule has 0 atom stereocenters. The summed E-state index contributed by atoms with van der Waals surface area (Å²) in [6.45, 7) is 7.14. The molecule has 0 spiro atoms. The van der Waals surface area contributed by atoms with Crippen LogP contribution in [0.3, 0.4) is 0 Å². The lowest BCUT2D eigenvalue weighted by atomic mass is 10.1. The minimum absolute atomic E-state index is 0.300. The van der Waals surface area contributed by atoms with Gasteiger partial charge in [0.2, 0.25) is 0 Å². The number of esters is 1. The number of nitrogens with zero attached hydrogens (tertiary/aromatic N) is 2. The van der Waals surface area contributed by atoms with Gasteiger partial charge in [-0.15, -0.1) is 0 Å². The van der Waals surface area contributed by atoms with Gasteiger partial charge in [0, 0.05) is 24.6 Å². The third-order valence-electron chi connectivity index (χ3n) is 2.75. The van der Waals surface area contributed by atoms with E-state index in [9.17, 15) is 4.79 Å². The van der Waals surface area contributed by atoms with Crippen molar-refractivity contribution in [1.82, 2.24) is 9.78 Å². The number of aromatic nitrogens is 2. The van der Waals surface area contributed by atoms with E-state index < -0.39 is 5.60 Å². The van der Waals surface area contributed by atoms with E-state index in [0.717, 1.165) is 18.8 Å². The zero-order valence-electron chi connectivity index (χ0n) is 12.7. The summed E-state index contributed by atoms with van der Waals surface area (Å²) in [4.78, 5) is 11.9. The molecule has 21 heavy (non-hydrogen) atoms. The molecule has 0 aliphatic rings. The van der Waals surface area contributed by atoms with Crippen LogP contribution in [0.4, 0.5) is 5.69 Å². The molecule has 2 rings (SSSR count). The molecule has 5 heteroatoms. The summed E-state index contributed by atoms with van der Waals surface area (Å²) in [5.74, 6) is -0.300. The first kappa shape index (κ1) is 15.1. The van der Waals surface area contributed by atoms with Crippen LogP contribution in [0.2, 0.25) is 0 Å². The number of carbonyl (C=O) groups excluding carboxylic acids is 1. The average Bonchev–Trinajstić information content (AvgIpc) is 2.91. The molecule has 112 valence electrons. The average molecular weight is 287 g/mol. The molecular formula is C16H21N3O2. The van der Waals surface area contributed by atoms with Gasteiger partial charge in [0.15, 0.2) is 0 Å². The topological polar surface area (TPSA) is 56.1 Å². The Labute approximate surface area is 124 Å². The maximum atomic E-state index is 11.9. The van der Waals surface area contributed by atoms with Crippen molar-refractivity contribution in [2.24, 2.45) is 0 Å². The highest BCUT2D eigenvalue weighted by Gasteiger charge is 2.17. The Bertz CT molecular complexity index is 569. The maximum absolute atomic E-state index is 11.9. The van der Waals surface area contributed by atoms with Crippen LogP contribution in [-0.4, -0.2) is 27.9 Å². The Morgan fingerprint density at radius 1 is 1.29 bits per heavy atom. The van der Waals surface area contributed by atoms with Gasteiger partial charge in [0.1, 0.15) is 5.60 Å². The summed E-state index contributed by atoms with van der Waals surface area (Å²) in [6.07, 6.45) is 3.68. The SMILES string of the molecule is CC(C)(C)OC(=O)c1ccc(NCCn2cccn2)cc1. The van der Waals surface area contributed by atoms with Gasteiger partial charge < -0.3 is 10.1 Å². The van der Waals surface area contributed by atoms with Gasteiger partial charge in [-0.05, 0) is 51.1 Å². The minimum Gasteiger partial charge on any atom is -0.456 e. The molecular weight excluding hydrogens is 266 g/mol. The molecule has 0 aliphatic heterocycles. The molecule has 0 amide bonds. The summed E-state index contributed by atoms with van der Waals surface area (Å²) < 4.78 is 7.19. The number of carbonyl (C=O) groups is 1. The minimum atomic E-state index is -0.474. The second-order valence-corrected chi connectivity index (χ2v) is 5.78. The first-order valence-electron chi connectivity index (χ1n) is 6.99.